The summed E-state index contributed by atoms with van der Waals surface area (Å²) in [6, 6.07) is 8.68. The average molecular weight is 230 g/mol. The number of rotatable bonds is 2. The van der Waals surface area contributed by atoms with Crippen LogP contribution in [0.1, 0.15) is 18.4 Å². The summed E-state index contributed by atoms with van der Waals surface area (Å²) in [5.74, 6) is 0. The van der Waals surface area contributed by atoms with Crippen molar-refractivity contribution < 1.29 is 5.11 Å². The first-order valence-electron chi connectivity index (χ1n) is 6.28. The Labute approximate surface area is 101 Å². The Kier molecular flexibility index (Phi) is 2.87. The fourth-order valence-corrected chi connectivity index (χ4v) is 2.54. The zero-order valence-corrected chi connectivity index (χ0v) is 9.89. The van der Waals surface area contributed by atoms with Gasteiger partial charge in [0.05, 0.1) is 6.10 Å². The Bertz CT molecular complexity index is 498. The third-order valence-corrected chi connectivity index (χ3v) is 3.58. The largest absolute Gasteiger partial charge is 0.393 e. The highest BCUT2D eigenvalue weighted by molar-refractivity contribution is 5.79. The van der Waals surface area contributed by atoms with Gasteiger partial charge in [0.25, 0.3) is 0 Å². The van der Waals surface area contributed by atoms with Gasteiger partial charge in [0.2, 0.25) is 0 Å². The molecule has 0 bridgehead atoms. The molecule has 3 nitrogen and oxygen atoms in total. The molecule has 0 aliphatic carbocycles. The van der Waals surface area contributed by atoms with E-state index in [1.165, 1.54) is 16.5 Å². The smallest absolute Gasteiger partial charge is 0.0564 e. The lowest BCUT2D eigenvalue weighted by atomic mass is 10.1. The third-order valence-electron chi connectivity index (χ3n) is 3.58. The normalized spacial score (nSPS) is 18.9. The number of aliphatic hydroxyl groups excluding tert-OH is 1. The number of aromatic amines is 1. The molecule has 90 valence electrons. The Morgan fingerprint density at radius 3 is 2.88 bits per heavy atom. The van der Waals surface area contributed by atoms with E-state index in [4.69, 9.17) is 0 Å². The molecule has 1 fully saturated rings. The van der Waals surface area contributed by atoms with Crippen molar-refractivity contribution in [2.24, 2.45) is 0 Å². The summed E-state index contributed by atoms with van der Waals surface area (Å²) in [6.07, 6.45) is 3.71. The molecule has 1 aliphatic heterocycles. The summed E-state index contributed by atoms with van der Waals surface area (Å²) in [5.41, 5.74) is 2.55. The standard InChI is InChI=1S/C14H18N2O/c17-13-4-7-16(8-5-13)10-11-1-2-14-12(9-11)3-6-15-14/h1-3,6,9,13,15,17H,4-5,7-8,10H2. The summed E-state index contributed by atoms with van der Waals surface area (Å²) >= 11 is 0. The first kappa shape index (κ1) is 10.8. The van der Waals surface area contributed by atoms with Gasteiger partial charge in [0, 0.05) is 31.3 Å². The second kappa shape index (κ2) is 4.51. The van der Waals surface area contributed by atoms with Gasteiger partial charge >= 0.3 is 0 Å². The van der Waals surface area contributed by atoms with E-state index < -0.39 is 0 Å². The van der Waals surface area contributed by atoms with Crippen molar-refractivity contribution in [3.8, 4) is 0 Å². The van der Waals surface area contributed by atoms with E-state index in [1.807, 2.05) is 6.20 Å². The number of aliphatic hydroxyl groups is 1. The maximum Gasteiger partial charge on any atom is 0.0564 e. The van der Waals surface area contributed by atoms with Crippen LogP contribution in [0.25, 0.3) is 10.9 Å². The number of fused-ring (bicyclic) bond motifs is 1. The molecule has 3 heteroatoms. The first-order valence-corrected chi connectivity index (χ1v) is 6.28. The Hall–Kier alpha value is -1.32. The highest BCUT2D eigenvalue weighted by Crippen LogP contribution is 2.18. The van der Waals surface area contributed by atoms with Crippen LogP contribution in [-0.4, -0.2) is 34.2 Å². The van der Waals surface area contributed by atoms with E-state index >= 15 is 0 Å². The molecule has 0 saturated carbocycles. The molecule has 0 unspecified atom stereocenters. The number of aromatic nitrogens is 1. The summed E-state index contributed by atoms with van der Waals surface area (Å²) < 4.78 is 0. The van der Waals surface area contributed by atoms with Crippen LogP contribution in [0.2, 0.25) is 0 Å². The monoisotopic (exact) mass is 230 g/mol. The fourth-order valence-electron chi connectivity index (χ4n) is 2.54. The molecule has 1 aliphatic rings. The molecule has 2 heterocycles. The minimum atomic E-state index is -0.0848. The lowest BCUT2D eigenvalue weighted by molar-refractivity contribution is 0.0792. The second-order valence-corrected chi connectivity index (χ2v) is 4.91. The Morgan fingerprint density at radius 1 is 1.24 bits per heavy atom. The van der Waals surface area contributed by atoms with Crippen LogP contribution < -0.4 is 0 Å². The number of piperidine rings is 1. The molecule has 2 aromatic rings. The molecule has 0 radical (unpaired) electrons. The molecular weight excluding hydrogens is 212 g/mol. The lowest BCUT2D eigenvalue weighted by Crippen LogP contribution is -2.35. The number of benzene rings is 1. The zero-order chi connectivity index (χ0) is 11.7. The van der Waals surface area contributed by atoms with Gasteiger partial charge in [-0.15, -0.1) is 0 Å². The van der Waals surface area contributed by atoms with E-state index in [0.717, 1.165) is 32.5 Å². The maximum absolute atomic E-state index is 9.48. The van der Waals surface area contributed by atoms with Gasteiger partial charge in [-0.25, -0.2) is 0 Å². The fraction of sp³-hybridized carbons (Fsp3) is 0.429. The minimum Gasteiger partial charge on any atom is -0.393 e. The third kappa shape index (κ3) is 2.35. The summed E-state index contributed by atoms with van der Waals surface area (Å²) in [7, 11) is 0. The summed E-state index contributed by atoms with van der Waals surface area (Å²) in [5, 5.41) is 10.8. The van der Waals surface area contributed by atoms with Crippen molar-refractivity contribution in [1.82, 2.24) is 9.88 Å². The van der Waals surface area contributed by atoms with E-state index in [0.29, 0.717) is 0 Å². The van der Waals surface area contributed by atoms with Crippen LogP contribution in [-0.2, 0) is 6.54 Å². The SMILES string of the molecule is OC1CCN(Cc2ccc3[nH]ccc3c2)CC1. The predicted molar refractivity (Wildman–Crippen MR) is 68.8 cm³/mol. The number of nitrogens with one attached hydrogen (secondary N) is 1. The number of likely N-dealkylation sites (tertiary alicyclic amines) is 1. The average Bonchev–Trinajstić information content (AvgIpc) is 2.79. The van der Waals surface area contributed by atoms with Gasteiger partial charge in [-0.3, -0.25) is 4.90 Å². The van der Waals surface area contributed by atoms with E-state index in [-0.39, 0.29) is 6.10 Å². The van der Waals surface area contributed by atoms with Gasteiger partial charge in [0.1, 0.15) is 0 Å². The van der Waals surface area contributed by atoms with Crippen LogP contribution in [0.5, 0.6) is 0 Å². The number of nitrogens with zero attached hydrogens (tertiary/aromatic N) is 1. The second-order valence-electron chi connectivity index (χ2n) is 4.91. The van der Waals surface area contributed by atoms with Crippen molar-refractivity contribution in [3.05, 3.63) is 36.0 Å². The van der Waals surface area contributed by atoms with E-state index in [9.17, 15) is 5.11 Å². The minimum absolute atomic E-state index is 0.0848. The molecule has 1 saturated heterocycles. The van der Waals surface area contributed by atoms with Crippen LogP contribution >= 0.6 is 0 Å². The van der Waals surface area contributed by atoms with Crippen LogP contribution in [0.3, 0.4) is 0 Å². The molecule has 2 N–H and O–H groups in total. The molecule has 1 aromatic carbocycles. The van der Waals surface area contributed by atoms with Gasteiger partial charge < -0.3 is 10.1 Å². The summed E-state index contributed by atoms with van der Waals surface area (Å²) in [4.78, 5) is 5.63. The first-order chi connectivity index (χ1) is 8.31. The maximum atomic E-state index is 9.48. The van der Waals surface area contributed by atoms with Gasteiger partial charge in [-0.1, -0.05) is 6.07 Å². The highest BCUT2D eigenvalue weighted by atomic mass is 16.3. The molecule has 3 rings (SSSR count). The van der Waals surface area contributed by atoms with Gasteiger partial charge in [0.15, 0.2) is 0 Å². The summed E-state index contributed by atoms with van der Waals surface area (Å²) in [6.45, 7) is 3.01. The van der Waals surface area contributed by atoms with E-state index in [1.54, 1.807) is 0 Å². The zero-order valence-electron chi connectivity index (χ0n) is 9.89. The van der Waals surface area contributed by atoms with Crippen molar-refractivity contribution in [3.63, 3.8) is 0 Å². The lowest BCUT2D eigenvalue weighted by Gasteiger charge is -2.29. The highest BCUT2D eigenvalue weighted by Gasteiger charge is 2.16. The molecule has 0 spiro atoms. The predicted octanol–water partition coefficient (Wildman–Crippen LogP) is 2.12. The molecule has 0 amide bonds. The number of hydrogen-bond donors (Lipinski definition) is 2. The molecule has 17 heavy (non-hydrogen) atoms. The molecule has 0 atom stereocenters. The Morgan fingerprint density at radius 2 is 2.06 bits per heavy atom. The van der Waals surface area contributed by atoms with Crippen LogP contribution in [0.15, 0.2) is 30.5 Å². The van der Waals surface area contributed by atoms with E-state index in [2.05, 4.69) is 34.1 Å². The topological polar surface area (TPSA) is 39.3 Å². The van der Waals surface area contributed by atoms with Gasteiger partial charge in [-0.05, 0) is 42.0 Å². The van der Waals surface area contributed by atoms with Crippen LogP contribution in [0.4, 0.5) is 0 Å². The molecular formula is C14H18N2O. The van der Waals surface area contributed by atoms with Crippen molar-refractivity contribution in [2.75, 3.05) is 13.1 Å². The number of hydrogen-bond acceptors (Lipinski definition) is 2. The van der Waals surface area contributed by atoms with Crippen molar-refractivity contribution in [1.29, 1.82) is 0 Å². The van der Waals surface area contributed by atoms with Gasteiger partial charge in [-0.2, -0.15) is 0 Å². The number of H-pyrrole nitrogens is 1. The van der Waals surface area contributed by atoms with Crippen molar-refractivity contribution in [2.45, 2.75) is 25.5 Å². The Balaban J connectivity index is 1.71. The van der Waals surface area contributed by atoms with Crippen LogP contribution in [0, 0.1) is 0 Å². The quantitative estimate of drug-likeness (QED) is 0.829. The van der Waals surface area contributed by atoms with Crippen molar-refractivity contribution >= 4 is 10.9 Å². The molecule has 1 aromatic heterocycles.